The highest BCUT2D eigenvalue weighted by Crippen LogP contribution is 2.32. The molecule has 0 aliphatic rings. The van der Waals surface area contributed by atoms with Crippen LogP contribution in [0, 0.1) is 5.41 Å². The van der Waals surface area contributed by atoms with Crippen molar-refractivity contribution in [2.45, 2.75) is 20.0 Å². The lowest BCUT2D eigenvalue weighted by molar-refractivity contribution is 0.00638. The summed E-state index contributed by atoms with van der Waals surface area (Å²) in [7, 11) is 0. The van der Waals surface area contributed by atoms with Gasteiger partial charge in [-0.15, -0.1) is 0 Å². The fraction of sp³-hybridized carbons (Fsp3) is 0.455. The maximum Gasteiger partial charge on any atom is 0.0862 e. The first-order chi connectivity index (χ1) is 6.08. The lowest BCUT2D eigenvalue weighted by Gasteiger charge is -2.28. The van der Waals surface area contributed by atoms with Gasteiger partial charge >= 0.3 is 0 Å². The van der Waals surface area contributed by atoms with Crippen molar-refractivity contribution in [2.75, 3.05) is 6.61 Å². The average Bonchev–Trinajstić information content (AvgIpc) is 2.18. The Balaban J connectivity index is 2.85. The van der Waals surface area contributed by atoms with Crippen molar-refractivity contribution < 1.29 is 10.2 Å². The van der Waals surface area contributed by atoms with E-state index in [-0.39, 0.29) is 6.61 Å². The topological polar surface area (TPSA) is 40.5 Å². The molecule has 0 fully saturated rings. The maximum absolute atomic E-state index is 9.89. The lowest BCUT2D eigenvalue weighted by atomic mass is 9.83. The molecule has 2 nitrogen and oxygen atoms in total. The van der Waals surface area contributed by atoms with Crippen LogP contribution in [0.25, 0.3) is 0 Å². The van der Waals surface area contributed by atoms with Gasteiger partial charge in [0.25, 0.3) is 0 Å². The third kappa shape index (κ3) is 2.29. The van der Waals surface area contributed by atoms with Gasteiger partial charge in [0.15, 0.2) is 0 Å². The second-order valence-electron chi connectivity index (χ2n) is 3.96. The molecule has 0 aliphatic heterocycles. The highest BCUT2D eigenvalue weighted by Gasteiger charge is 2.27. The summed E-state index contributed by atoms with van der Waals surface area (Å²) in [5.74, 6) is 0. The fourth-order valence-electron chi connectivity index (χ4n) is 1.17. The molecular formula is C11H16O2. The monoisotopic (exact) mass is 180 g/mol. The normalized spacial score (nSPS) is 14.2. The van der Waals surface area contributed by atoms with Crippen LogP contribution in [0.1, 0.15) is 25.5 Å². The molecule has 72 valence electrons. The van der Waals surface area contributed by atoms with E-state index in [1.54, 1.807) is 0 Å². The zero-order valence-corrected chi connectivity index (χ0v) is 8.07. The van der Waals surface area contributed by atoms with E-state index in [9.17, 15) is 5.11 Å². The van der Waals surface area contributed by atoms with Crippen molar-refractivity contribution >= 4 is 0 Å². The van der Waals surface area contributed by atoms with E-state index in [4.69, 9.17) is 5.11 Å². The first-order valence-corrected chi connectivity index (χ1v) is 4.42. The Morgan fingerprint density at radius 1 is 1.23 bits per heavy atom. The van der Waals surface area contributed by atoms with E-state index < -0.39 is 11.5 Å². The zero-order valence-electron chi connectivity index (χ0n) is 8.07. The summed E-state index contributed by atoms with van der Waals surface area (Å²) in [5, 5.41) is 19.0. The van der Waals surface area contributed by atoms with Gasteiger partial charge in [0.05, 0.1) is 12.7 Å². The second-order valence-corrected chi connectivity index (χ2v) is 3.96. The van der Waals surface area contributed by atoms with Gasteiger partial charge in [-0.3, -0.25) is 0 Å². The van der Waals surface area contributed by atoms with Crippen molar-refractivity contribution in [2.24, 2.45) is 5.41 Å². The van der Waals surface area contributed by atoms with Crippen molar-refractivity contribution in [3.05, 3.63) is 35.9 Å². The molecule has 1 atom stereocenters. The van der Waals surface area contributed by atoms with E-state index in [1.165, 1.54) is 0 Å². The molecule has 1 aromatic carbocycles. The van der Waals surface area contributed by atoms with Crippen molar-refractivity contribution in [1.29, 1.82) is 0 Å². The van der Waals surface area contributed by atoms with E-state index in [0.29, 0.717) is 0 Å². The number of hydrogen-bond donors (Lipinski definition) is 2. The van der Waals surface area contributed by atoms with Gasteiger partial charge in [0, 0.05) is 5.41 Å². The first kappa shape index (κ1) is 10.2. The van der Waals surface area contributed by atoms with Gasteiger partial charge in [-0.1, -0.05) is 44.2 Å². The molecule has 0 aromatic heterocycles. The van der Waals surface area contributed by atoms with E-state index in [0.717, 1.165) is 5.56 Å². The zero-order chi connectivity index (χ0) is 9.90. The number of benzene rings is 1. The molecule has 2 N–H and O–H groups in total. The summed E-state index contributed by atoms with van der Waals surface area (Å²) in [6, 6.07) is 9.39. The number of aliphatic hydroxyl groups excluding tert-OH is 2. The molecule has 0 amide bonds. The highest BCUT2D eigenvalue weighted by atomic mass is 16.3. The molecule has 0 saturated carbocycles. The molecule has 0 saturated heterocycles. The van der Waals surface area contributed by atoms with Crippen LogP contribution in [-0.4, -0.2) is 16.8 Å². The van der Waals surface area contributed by atoms with Crippen LogP contribution in [-0.2, 0) is 0 Å². The quantitative estimate of drug-likeness (QED) is 0.743. The summed E-state index contributed by atoms with van der Waals surface area (Å²) in [5.41, 5.74) is 0.364. The Hall–Kier alpha value is -0.860. The molecule has 0 aliphatic carbocycles. The third-order valence-electron chi connectivity index (χ3n) is 2.26. The molecule has 2 heteroatoms. The van der Waals surface area contributed by atoms with Crippen LogP contribution in [0.4, 0.5) is 0 Å². The van der Waals surface area contributed by atoms with Gasteiger partial charge in [0.2, 0.25) is 0 Å². The minimum Gasteiger partial charge on any atom is -0.396 e. The molecule has 0 spiro atoms. The smallest absolute Gasteiger partial charge is 0.0862 e. The number of aliphatic hydroxyl groups is 2. The van der Waals surface area contributed by atoms with Crippen LogP contribution < -0.4 is 0 Å². The van der Waals surface area contributed by atoms with Crippen LogP contribution in [0.5, 0.6) is 0 Å². The molecule has 0 bridgehead atoms. The molecule has 0 unspecified atom stereocenters. The van der Waals surface area contributed by atoms with Crippen LogP contribution in [0.15, 0.2) is 30.3 Å². The van der Waals surface area contributed by atoms with Crippen molar-refractivity contribution in [3.63, 3.8) is 0 Å². The first-order valence-electron chi connectivity index (χ1n) is 4.42. The summed E-state index contributed by atoms with van der Waals surface area (Å²) in [4.78, 5) is 0. The molecule has 1 rings (SSSR count). The van der Waals surface area contributed by atoms with E-state index in [1.807, 2.05) is 44.2 Å². The molecule has 13 heavy (non-hydrogen) atoms. The SMILES string of the molecule is CC(C)(CO)[C@H](O)c1ccccc1. The number of rotatable bonds is 3. The molecular weight excluding hydrogens is 164 g/mol. The van der Waals surface area contributed by atoms with Gasteiger partial charge in [-0.25, -0.2) is 0 Å². The summed E-state index contributed by atoms with van der Waals surface area (Å²) in [6.45, 7) is 3.65. The van der Waals surface area contributed by atoms with E-state index in [2.05, 4.69) is 0 Å². The van der Waals surface area contributed by atoms with Crippen LogP contribution >= 0.6 is 0 Å². The van der Waals surface area contributed by atoms with Gasteiger partial charge < -0.3 is 10.2 Å². The van der Waals surface area contributed by atoms with Gasteiger partial charge in [-0.2, -0.15) is 0 Å². The van der Waals surface area contributed by atoms with E-state index >= 15 is 0 Å². The molecule has 0 heterocycles. The van der Waals surface area contributed by atoms with Crippen LogP contribution in [0.2, 0.25) is 0 Å². The Morgan fingerprint density at radius 3 is 2.23 bits per heavy atom. The standard InChI is InChI=1S/C11H16O2/c1-11(2,8-12)10(13)9-6-4-3-5-7-9/h3-7,10,12-13H,8H2,1-2H3/t10-/m1/s1. The second kappa shape index (κ2) is 3.90. The fourth-order valence-corrected chi connectivity index (χ4v) is 1.17. The average molecular weight is 180 g/mol. The summed E-state index contributed by atoms with van der Waals surface area (Å²) >= 11 is 0. The Kier molecular flexibility index (Phi) is 3.07. The number of hydrogen-bond acceptors (Lipinski definition) is 2. The lowest BCUT2D eigenvalue weighted by Crippen LogP contribution is -2.25. The molecule has 0 radical (unpaired) electrons. The molecule has 1 aromatic rings. The minimum absolute atomic E-state index is 0.0247. The van der Waals surface area contributed by atoms with Crippen molar-refractivity contribution in [3.8, 4) is 0 Å². The van der Waals surface area contributed by atoms with Gasteiger partial charge in [0.1, 0.15) is 0 Å². The van der Waals surface area contributed by atoms with Gasteiger partial charge in [-0.05, 0) is 5.56 Å². The predicted molar refractivity (Wildman–Crippen MR) is 52.3 cm³/mol. The Labute approximate surface area is 78.8 Å². The summed E-state index contributed by atoms with van der Waals surface area (Å²) in [6.07, 6.45) is -0.612. The minimum atomic E-state index is -0.612. The third-order valence-corrected chi connectivity index (χ3v) is 2.26. The highest BCUT2D eigenvalue weighted by molar-refractivity contribution is 5.19. The predicted octanol–water partition coefficient (Wildman–Crippen LogP) is 1.74. The Bertz CT molecular complexity index is 254. The van der Waals surface area contributed by atoms with Crippen LogP contribution in [0.3, 0.4) is 0 Å². The largest absolute Gasteiger partial charge is 0.396 e. The summed E-state index contributed by atoms with van der Waals surface area (Å²) < 4.78 is 0. The Morgan fingerprint density at radius 2 is 1.77 bits per heavy atom. The maximum atomic E-state index is 9.89. The van der Waals surface area contributed by atoms with Crippen molar-refractivity contribution in [1.82, 2.24) is 0 Å².